The predicted octanol–water partition coefficient (Wildman–Crippen LogP) is 5.68. The third kappa shape index (κ3) is 4.57. The number of aromatic amines is 2. The van der Waals surface area contributed by atoms with Crippen LogP contribution in [0.3, 0.4) is 0 Å². The van der Waals surface area contributed by atoms with Crippen molar-refractivity contribution in [3.8, 4) is 33.9 Å². The number of anilines is 1. The molecule has 0 saturated heterocycles. The predicted molar refractivity (Wildman–Crippen MR) is 144 cm³/mol. The highest BCUT2D eigenvalue weighted by Crippen LogP contribution is 2.35. The Balaban J connectivity index is 1.42. The number of halogens is 2. The smallest absolute Gasteiger partial charge is 0.161 e. The van der Waals surface area contributed by atoms with Crippen LogP contribution in [0.2, 0.25) is 0 Å². The van der Waals surface area contributed by atoms with Gasteiger partial charge in [-0.1, -0.05) is 32.0 Å². The number of fused-ring (bicyclic) bond motifs is 2. The van der Waals surface area contributed by atoms with Gasteiger partial charge in [0, 0.05) is 29.1 Å². The molecule has 0 bridgehead atoms. The second-order valence-corrected chi connectivity index (χ2v) is 9.68. The second kappa shape index (κ2) is 9.84. The van der Waals surface area contributed by atoms with Crippen molar-refractivity contribution >= 4 is 27.6 Å². The van der Waals surface area contributed by atoms with Crippen molar-refractivity contribution in [1.29, 1.82) is 0 Å². The molecule has 1 unspecified atom stereocenters. The number of hydrogen-bond donors (Lipinski definition) is 4. The van der Waals surface area contributed by atoms with Crippen LogP contribution in [0.1, 0.15) is 20.3 Å². The number of rotatable bonds is 7. The van der Waals surface area contributed by atoms with E-state index in [0.29, 0.717) is 57.1 Å². The number of benzene rings is 1. The Morgan fingerprint density at radius 2 is 1.77 bits per heavy atom. The topological polar surface area (TPSA) is 128 Å². The normalized spacial score (nSPS) is 12.5. The highest BCUT2D eigenvalue weighted by atomic mass is 19.1. The van der Waals surface area contributed by atoms with E-state index in [2.05, 4.69) is 40.4 Å². The Hall–Kier alpha value is -4.77. The van der Waals surface area contributed by atoms with Crippen molar-refractivity contribution in [1.82, 2.24) is 35.1 Å². The summed E-state index contributed by atoms with van der Waals surface area (Å²) in [5, 5.41) is 20.6. The number of pyridine rings is 3. The highest BCUT2D eigenvalue weighted by Gasteiger charge is 2.22. The number of hydrogen-bond acceptors (Lipinski definition) is 7. The SMILES string of the molecule is CC(C)CC(O)Nc1cncc(-c2ncc3[nH]nc(-c4nc5c(-c6ccccc6F)cncc5[nH]4)c3c2F)c1. The van der Waals surface area contributed by atoms with E-state index in [1.165, 1.54) is 18.5 Å². The minimum Gasteiger partial charge on any atom is -0.374 e. The van der Waals surface area contributed by atoms with E-state index in [4.69, 9.17) is 0 Å². The highest BCUT2D eigenvalue weighted by molar-refractivity contribution is 5.97. The zero-order valence-electron chi connectivity index (χ0n) is 21.1. The average Bonchev–Trinajstić information content (AvgIpc) is 3.53. The number of nitrogens with zero attached hydrogens (tertiary/aromatic N) is 5. The zero-order valence-corrected chi connectivity index (χ0v) is 21.1. The number of aliphatic hydroxyl groups is 1. The molecule has 9 nitrogen and oxygen atoms in total. The number of aliphatic hydroxyl groups excluding tert-OH is 1. The Bertz CT molecular complexity index is 1810. The molecule has 0 aliphatic heterocycles. The lowest BCUT2D eigenvalue weighted by molar-refractivity contribution is 0.176. The molecule has 0 spiro atoms. The number of H-pyrrole nitrogens is 2. The summed E-state index contributed by atoms with van der Waals surface area (Å²) >= 11 is 0. The van der Waals surface area contributed by atoms with Crippen molar-refractivity contribution in [2.75, 3.05) is 5.32 Å². The van der Waals surface area contributed by atoms with E-state index in [0.717, 1.165) is 0 Å². The number of nitrogens with one attached hydrogen (secondary N) is 3. The summed E-state index contributed by atoms with van der Waals surface area (Å²) in [6.07, 6.45) is 7.46. The van der Waals surface area contributed by atoms with E-state index in [9.17, 15) is 9.50 Å². The van der Waals surface area contributed by atoms with Gasteiger partial charge in [-0.15, -0.1) is 0 Å². The summed E-state index contributed by atoms with van der Waals surface area (Å²) in [7, 11) is 0. The van der Waals surface area contributed by atoms with Gasteiger partial charge >= 0.3 is 0 Å². The second-order valence-electron chi connectivity index (χ2n) is 9.68. The van der Waals surface area contributed by atoms with Crippen LogP contribution in [0.4, 0.5) is 14.5 Å². The maximum absolute atomic E-state index is 16.0. The third-order valence-corrected chi connectivity index (χ3v) is 6.37. The van der Waals surface area contributed by atoms with Crippen molar-refractivity contribution in [3.63, 3.8) is 0 Å². The Morgan fingerprint density at radius 1 is 0.949 bits per heavy atom. The number of aromatic nitrogens is 7. The van der Waals surface area contributed by atoms with Gasteiger partial charge in [-0.3, -0.25) is 20.1 Å². The first-order valence-corrected chi connectivity index (χ1v) is 12.4. The molecule has 1 aromatic carbocycles. The fourth-order valence-electron chi connectivity index (χ4n) is 4.62. The summed E-state index contributed by atoms with van der Waals surface area (Å²) in [5.41, 5.74) is 3.58. The van der Waals surface area contributed by atoms with Gasteiger partial charge < -0.3 is 15.4 Å². The van der Waals surface area contributed by atoms with Crippen molar-refractivity contribution in [3.05, 3.63) is 73.0 Å². The van der Waals surface area contributed by atoms with E-state index >= 15 is 4.39 Å². The van der Waals surface area contributed by atoms with Gasteiger partial charge in [0.15, 0.2) is 11.6 Å². The van der Waals surface area contributed by atoms with Crippen LogP contribution >= 0.6 is 0 Å². The fraction of sp³-hybridized carbons (Fsp3) is 0.179. The van der Waals surface area contributed by atoms with Gasteiger partial charge in [0.05, 0.1) is 40.7 Å². The molecule has 0 amide bonds. The molecule has 39 heavy (non-hydrogen) atoms. The Morgan fingerprint density at radius 3 is 2.59 bits per heavy atom. The van der Waals surface area contributed by atoms with Crippen molar-refractivity contribution < 1.29 is 13.9 Å². The van der Waals surface area contributed by atoms with Crippen LogP contribution in [0.5, 0.6) is 0 Å². The fourth-order valence-corrected chi connectivity index (χ4v) is 4.62. The Kier molecular flexibility index (Phi) is 6.20. The summed E-state index contributed by atoms with van der Waals surface area (Å²) in [5.74, 6) is -0.416. The molecule has 5 aromatic heterocycles. The van der Waals surface area contributed by atoms with E-state index in [1.807, 2.05) is 13.8 Å². The van der Waals surface area contributed by atoms with Crippen LogP contribution in [-0.2, 0) is 0 Å². The molecule has 6 aromatic rings. The molecule has 0 aliphatic carbocycles. The maximum atomic E-state index is 16.0. The first-order valence-electron chi connectivity index (χ1n) is 12.4. The quantitative estimate of drug-likeness (QED) is 0.197. The summed E-state index contributed by atoms with van der Waals surface area (Å²) in [6.45, 7) is 4.02. The van der Waals surface area contributed by atoms with Crippen molar-refractivity contribution in [2.45, 2.75) is 26.5 Å². The van der Waals surface area contributed by atoms with Gasteiger partial charge in [-0.05, 0) is 24.5 Å². The van der Waals surface area contributed by atoms with Crippen LogP contribution in [0, 0.1) is 17.6 Å². The lowest BCUT2D eigenvalue weighted by atomic mass is 10.1. The monoisotopic (exact) mass is 526 g/mol. The van der Waals surface area contributed by atoms with Crippen LogP contribution in [-0.4, -0.2) is 46.5 Å². The summed E-state index contributed by atoms with van der Waals surface area (Å²) < 4.78 is 30.6. The van der Waals surface area contributed by atoms with E-state index < -0.39 is 17.9 Å². The zero-order chi connectivity index (χ0) is 27.1. The molecular weight excluding hydrogens is 502 g/mol. The molecule has 196 valence electrons. The van der Waals surface area contributed by atoms with Crippen molar-refractivity contribution in [2.24, 2.45) is 5.92 Å². The Labute approximate surface area is 221 Å². The first-order chi connectivity index (χ1) is 18.9. The van der Waals surface area contributed by atoms with Gasteiger partial charge in [0.1, 0.15) is 28.9 Å². The molecule has 1 atom stereocenters. The minimum absolute atomic E-state index is 0.0736. The van der Waals surface area contributed by atoms with Gasteiger partial charge in [0.25, 0.3) is 0 Å². The van der Waals surface area contributed by atoms with Crippen LogP contribution in [0.25, 0.3) is 55.8 Å². The molecule has 5 heterocycles. The van der Waals surface area contributed by atoms with Gasteiger partial charge in [-0.25, -0.2) is 13.8 Å². The maximum Gasteiger partial charge on any atom is 0.161 e. The third-order valence-electron chi connectivity index (χ3n) is 6.37. The molecule has 0 fully saturated rings. The van der Waals surface area contributed by atoms with E-state index in [1.54, 1.807) is 42.9 Å². The molecule has 6 rings (SSSR count). The molecule has 4 N–H and O–H groups in total. The summed E-state index contributed by atoms with van der Waals surface area (Å²) in [4.78, 5) is 20.5. The van der Waals surface area contributed by atoms with Crippen LogP contribution < -0.4 is 5.32 Å². The molecule has 0 radical (unpaired) electrons. The average molecular weight is 527 g/mol. The first kappa shape index (κ1) is 24.6. The largest absolute Gasteiger partial charge is 0.374 e. The lowest BCUT2D eigenvalue weighted by Gasteiger charge is -2.16. The number of imidazole rings is 1. The molecule has 0 saturated carbocycles. The lowest BCUT2D eigenvalue weighted by Crippen LogP contribution is -2.20. The van der Waals surface area contributed by atoms with Gasteiger partial charge in [0.2, 0.25) is 0 Å². The molecular formula is C28H24F2N8O. The summed E-state index contributed by atoms with van der Waals surface area (Å²) in [6, 6.07) is 8.06. The molecule has 11 heteroatoms. The minimum atomic E-state index is -0.764. The molecule has 0 aliphatic rings. The standard InChI is InChI=1S/C28H24F2N8O/c1-14(2)7-22(39)34-16-8-15(9-31-10-16)25-24(30)23-20(13-33-25)37-38-27(23)28-35-21-12-32-11-18(26(21)36-28)17-5-3-4-6-19(17)29/h3-6,8-14,22,34,39H,7H2,1-2H3,(H,35,36)(H,37,38). The van der Waals surface area contributed by atoms with Gasteiger partial charge in [-0.2, -0.15) is 5.10 Å². The van der Waals surface area contributed by atoms with Crippen LogP contribution in [0.15, 0.2) is 61.3 Å². The van der Waals surface area contributed by atoms with E-state index in [-0.39, 0.29) is 16.8 Å².